The predicted molar refractivity (Wildman–Crippen MR) is 85.7 cm³/mol. The summed E-state index contributed by atoms with van der Waals surface area (Å²) >= 11 is 3.42. The minimum atomic E-state index is -0.815. The molecule has 110 valence electrons. The maximum atomic E-state index is 10.9. The SMILES string of the molecule is Cc1cc(Br)ccc1OCc1ccc(C(C)C(=O)O)cc1. The van der Waals surface area contributed by atoms with Crippen LogP contribution in [-0.4, -0.2) is 11.1 Å². The molecule has 0 aliphatic carbocycles. The third-order valence-corrected chi connectivity index (χ3v) is 3.87. The first-order chi connectivity index (χ1) is 9.97. The summed E-state index contributed by atoms with van der Waals surface area (Å²) in [5.74, 6) is -0.459. The van der Waals surface area contributed by atoms with Gasteiger partial charge in [-0.1, -0.05) is 40.2 Å². The van der Waals surface area contributed by atoms with E-state index in [0.29, 0.717) is 6.61 Å². The summed E-state index contributed by atoms with van der Waals surface area (Å²) in [5, 5.41) is 8.98. The number of benzene rings is 2. The van der Waals surface area contributed by atoms with Crippen LogP contribution in [0.2, 0.25) is 0 Å². The molecule has 0 heterocycles. The van der Waals surface area contributed by atoms with Crippen LogP contribution in [0.5, 0.6) is 5.75 Å². The van der Waals surface area contributed by atoms with Gasteiger partial charge < -0.3 is 9.84 Å². The van der Waals surface area contributed by atoms with Gasteiger partial charge in [0, 0.05) is 4.47 Å². The molecule has 0 radical (unpaired) electrons. The lowest BCUT2D eigenvalue weighted by Gasteiger charge is -2.11. The van der Waals surface area contributed by atoms with E-state index in [-0.39, 0.29) is 0 Å². The van der Waals surface area contributed by atoms with Crippen LogP contribution in [-0.2, 0) is 11.4 Å². The van der Waals surface area contributed by atoms with Crippen LogP contribution in [0.25, 0.3) is 0 Å². The number of rotatable bonds is 5. The Bertz CT molecular complexity index is 635. The summed E-state index contributed by atoms with van der Waals surface area (Å²) in [4.78, 5) is 10.9. The molecule has 1 N–H and O–H groups in total. The number of hydrogen-bond donors (Lipinski definition) is 1. The van der Waals surface area contributed by atoms with E-state index >= 15 is 0 Å². The van der Waals surface area contributed by atoms with Gasteiger partial charge in [0.2, 0.25) is 0 Å². The van der Waals surface area contributed by atoms with Crippen LogP contribution in [0.4, 0.5) is 0 Å². The minimum Gasteiger partial charge on any atom is -0.489 e. The van der Waals surface area contributed by atoms with E-state index in [2.05, 4.69) is 15.9 Å². The molecule has 2 rings (SSSR count). The van der Waals surface area contributed by atoms with Crippen molar-refractivity contribution in [1.29, 1.82) is 0 Å². The van der Waals surface area contributed by atoms with E-state index in [4.69, 9.17) is 9.84 Å². The second-order valence-electron chi connectivity index (χ2n) is 5.00. The van der Waals surface area contributed by atoms with E-state index in [9.17, 15) is 4.79 Å². The Kier molecular flexibility index (Phi) is 5.02. The largest absolute Gasteiger partial charge is 0.489 e. The topological polar surface area (TPSA) is 46.5 Å². The van der Waals surface area contributed by atoms with Gasteiger partial charge in [0.25, 0.3) is 0 Å². The number of carbonyl (C=O) groups is 1. The molecule has 0 saturated heterocycles. The van der Waals surface area contributed by atoms with Gasteiger partial charge in [0.15, 0.2) is 0 Å². The van der Waals surface area contributed by atoms with Gasteiger partial charge in [-0.15, -0.1) is 0 Å². The van der Waals surface area contributed by atoms with E-state index in [1.54, 1.807) is 6.92 Å². The highest BCUT2D eigenvalue weighted by molar-refractivity contribution is 9.10. The Morgan fingerprint density at radius 1 is 1.24 bits per heavy atom. The monoisotopic (exact) mass is 348 g/mol. The Balaban J connectivity index is 2.02. The van der Waals surface area contributed by atoms with Gasteiger partial charge in [0.05, 0.1) is 5.92 Å². The molecule has 0 aromatic heterocycles. The summed E-state index contributed by atoms with van der Waals surface area (Å²) < 4.78 is 6.82. The lowest BCUT2D eigenvalue weighted by molar-refractivity contribution is -0.138. The van der Waals surface area contributed by atoms with Crippen LogP contribution in [0.1, 0.15) is 29.5 Å². The smallest absolute Gasteiger partial charge is 0.310 e. The minimum absolute atomic E-state index is 0.463. The number of hydrogen-bond acceptors (Lipinski definition) is 2. The highest BCUT2D eigenvalue weighted by atomic mass is 79.9. The van der Waals surface area contributed by atoms with Gasteiger partial charge in [-0.05, 0) is 48.7 Å². The molecule has 0 bridgehead atoms. The van der Waals surface area contributed by atoms with Crippen LogP contribution >= 0.6 is 15.9 Å². The number of aryl methyl sites for hydroxylation is 1. The second-order valence-corrected chi connectivity index (χ2v) is 5.92. The van der Waals surface area contributed by atoms with Crippen LogP contribution in [0, 0.1) is 6.92 Å². The predicted octanol–water partition coefficient (Wildman–Crippen LogP) is 4.52. The molecule has 0 spiro atoms. The van der Waals surface area contributed by atoms with Crippen molar-refractivity contribution in [3.63, 3.8) is 0 Å². The van der Waals surface area contributed by atoms with Crippen LogP contribution in [0.3, 0.4) is 0 Å². The lowest BCUT2D eigenvalue weighted by atomic mass is 10.0. The van der Waals surface area contributed by atoms with Gasteiger partial charge in [-0.3, -0.25) is 4.79 Å². The molecule has 0 aliphatic heterocycles. The molecule has 0 amide bonds. The van der Waals surface area contributed by atoms with Gasteiger partial charge >= 0.3 is 5.97 Å². The maximum absolute atomic E-state index is 10.9. The Hall–Kier alpha value is -1.81. The molecule has 2 aromatic rings. The normalized spacial score (nSPS) is 12.0. The average Bonchev–Trinajstić information content (AvgIpc) is 2.46. The maximum Gasteiger partial charge on any atom is 0.310 e. The van der Waals surface area contributed by atoms with Crippen molar-refractivity contribution in [2.45, 2.75) is 26.4 Å². The number of ether oxygens (including phenoxy) is 1. The third kappa shape index (κ3) is 4.08. The van der Waals surface area contributed by atoms with E-state index in [1.807, 2.05) is 49.4 Å². The zero-order valence-corrected chi connectivity index (χ0v) is 13.6. The number of aliphatic carboxylic acids is 1. The van der Waals surface area contributed by atoms with E-state index in [1.165, 1.54) is 0 Å². The summed E-state index contributed by atoms with van der Waals surface area (Å²) in [7, 11) is 0. The molecule has 1 atom stereocenters. The summed E-state index contributed by atoms with van der Waals surface area (Å²) in [5.41, 5.74) is 2.88. The van der Waals surface area contributed by atoms with Crippen molar-refractivity contribution in [3.8, 4) is 5.75 Å². The third-order valence-electron chi connectivity index (χ3n) is 3.38. The molecule has 3 nitrogen and oxygen atoms in total. The van der Waals surface area contributed by atoms with Crippen molar-refractivity contribution in [1.82, 2.24) is 0 Å². The molecule has 21 heavy (non-hydrogen) atoms. The van der Waals surface area contributed by atoms with Crippen molar-refractivity contribution >= 4 is 21.9 Å². The van der Waals surface area contributed by atoms with Crippen molar-refractivity contribution in [3.05, 3.63) is 63.6 Å². The quantitative estimate of drug-likeness (QED) is 0.863. The number of carboxylic acids is 1. The molecule has 4 heteroatoms. The zero-order chi connectivity index (χ0) is 15.4. The summed E-state index contributed by atoms with van der Waals surface area (Å²) in [6.07, 6.45) is 0. The van der Waals surface area contributed by atoms with Crippen LogP contribution in [0.15, 0.2) is 46.9 Å². The Morgan fingerprint density at radius 3 is 2.48 bits per heavy atom. The highest BCUT2D eigenvalue weighted by Gasteiger charge is 2.13. The number of halogens is 1. The molecular formula is C17H17BrO3. The first kappa shape index (κ1) is 15.6. The highest BCUT2D eigenvalue weighted by Crippen LogP contribution is 2.23. The molecule has 1 unspecified atom stereocenters. The average molecular weight is 349 g/mol. The van der Waals surface area contributed by atoms with Crippen molar-refractivity contribution in [2.24, 2.45) is 0 Å². The molecule has 0 fully saturated rings. The van der Waals surface area contributed by atoms with Gasteiger partial charge in [0.1, 0.15) is 12.4 Å². The lowest BCUT2D eigenvalue weighted by Crippen LogP contribution is -2.07. The number of carboxylic acid groups (broad SMARTS) is 1. The zero-order valence-electron chi connectivity index (χ0n) is 12.0. The Labute approximate surface area is 132 Å². The molecule has 0 aliphatic rings. The van der Waals surface area contributed by atoms with Gasteiger partial charge in [-0.25, -0.2) is 0 Å². The molecule has 0 saturated carbocycles. The fourth-order valence-corrected chi connectivity index (χ4v) is 2.46. The Morgan fingerprint density at radius 2 is 1.90 bits per heavy atom. The summed E-state index contributed by atoms with van der Waals surface area (Å²) in [6, 6.07) is 13.4. The van der Waals surface area contributed by atoms with E-state index < -0.39 is 11.9 Å². The van der Waals surface area contributed by atoms with Crippen molar-refractivity contribution < 1.29 is 14.6 Å². The van der Waals surface area contributed by atoms with Crippen molar-refractivity contribution in [2.75, 3.05) is 0 Å². The summed E-state index contributed by atoms with van der Waals surface area (Å²) in [6.45, 7) is 4.14. The molecule has 2 aromatic carbocycles. The first-order valence-electron chi connectivity index (χ1n) is 6.68. The fraction of sp³-hybridized carbons (Fsp3) is 0.235. The van der Waals surface area contributed by atoms with Gasteiger partial charge in [-0.2, -0.15) is 0 Å². The standard InChI is InChI=1S/C17H17BrO3/c1-11-9-15(18)7-8-16(11)21-10-13-3-5-14(6-4-13)12(2)17(19)20/h3-9,12H,10H2,1-2H3,(H,19,20). The van der Waals surface area contributed by atoms with Crippen LogP contribution < -0.4 is 4.74 Å². The van der Waals surface area contributed by atoms with E-state index in [0.717, 1.165) is 26.9 Å². The molecular weight excluding hydrogens is 332 g/mol. The first-order valence-corrected chi connectivity index (χ1v) is 7.47. The second kappa shape index (κ2) is 6.76. The fourth-order valence-electron chi connectivity index (χ4n) is 1.98.